The van der Waals surface area contributed by atoms with Crippen LogP contribution in [0.5, 0.6) is 0 Å². The first kappa shape index (κ1) is 10.9. The summed E-state index contributed by atoms with van der Waals surface area (Å²) in [6, 6.07) is 0.488. The van der Waals surface area contributed by atoms with Crippen LogP contribution in [0.2, 0.25) is 0 Å². The summed E-state index contributed by atoms with van der Waals surface area (Å²) in [5, 5.41) is 8.69. The maximum absolute atomic E-state index is 4.76. The third-order valence-corrected chi connectivity index (χ3v) is 4.51. The molecule has 0 saturated carbocycles. The summed E-state index contributed by atoms with van der Waals surface area (Å²) in [5.74, 6) is 0. The van der Waals surface area contributed by atoms with Gasteiger partial charge in [0.25, 0.3) is 0 Å². The van der Waals surface area contributed by atoms with Gasteiger partial charge in [-0.15, -0.1) is 11.3 Å². The fourth-order valence-electron chi connectivity index (χ4n) is 2.35. The second-order valence-electron chi connectivity index (χ2n) is 4.47. The molecule has 2 aromatic heterocycles. The maximum atomic E-state index is 4.76. The Balaban J connectivity index is 2.01. The van der Waals surface area contributed by atoms with Crippen molar-refractivity contribution < 1.29 is 0 Å². The molecule has 3 rings (SSSR count). The van der Waals surface area contributed by atoms with E-state index in [-0.39, 0.29) is 0 Å². The van der Waals surface area contributed by atoms with E-state index in [0.29, 0.717) is 6.04 Å². The van der Waals surface area contributed by atoms with Crippen molar-refractivity contribution in [3.05, 3.63) is 23.0 Å². The van der Waals surface area contributed by atoms with Gasteiger partial charge in [-0.05, 0) is 26.3 Å². The number of nitrogens with zero attached hydrogens (tertiary/aromatic N) is 3. The molecule has 17 heavy (non-hydrogen) atoms. The van der Waals surface area contributed by atoms with Crippen LogP contribution in [-0.4, -0.2) is 21.8 Å². The van der Waals surface area contributed by atoms with E-state index in [1.165, 1.54) is 23.4 Å². The van der Waals surface area contributed by atoms with Gasteiger partial charge in [-0.1, -0.05) is 0 Å². The van der Waals surface area contributed by atoms with Crippen LogP contribution in [0.3, 0.4) is 0 Å². The molecule has 4 nitrogen and oxygen atoms in total. The first-order chi connectivity index (χ1) is 8.28. The lowest BCUT2D eigenvalue weighted by Gasteiger charge is -2.19. The molecule has 1 aliphatic carbocycles. The van der Waals surface area contributed by atoms with Crippen LogP contribution >= 0.6 is 11.3 Å². The second-order valence-corrected chi connectivity index (χ2v) is 5.50. The molecule has 0 spiro atoms. The maximum Gasteiger partial charge on any atom is 0.127 e. The molecule has 0 saturated heterocycles. The molecule has 0 radical (unpaired) electrons. The van der Waals surface area contributed by atoms with E-state index in [0.717, 1.165) is 17.0 Å². The van der Waals surface area contributed by atoms with Crippen LogP contribution in [0.25, 0.3) is 10.6 Å². The highest BCUT2D eigenvalue weighted by molar-refractivity contribution is 7.15. The Hall–Kier alpha value is -1.20. The van der Waals surface area contributed by atoms with E-state index in [2.05, 4.69) is 10.4 Å². The smallest absolute Gasteiger partial charge is 0.127 e. The normalized spacial score (nSPS) is 19.3. The van der Waals surface area contributed by atoms with Crippen LogP contribution in [-0.2, 0) is 13.5 Å². The van der Waals surface area contributed by atoms with Crippen molar-refractivity contribution >= 4 is 11.3 Å². The Morgan fingerprint density at radius 1 is 1.53 bits per heavy atom. The van der Waals surface area contributed by atoms with E-state index in [9.17, 15) is 0 Å². The van der Waals surface area contributed by atoms with Crippen LogP contribution in [0.1, 0.15) is 29.5 Å². The minimum Gasteiger partial charge on any atom is -0.312 e. The quantitative estimate of drug-likeness (QED) is 0.885. The summed E-state index contributed by atoms with van der Waals surface area (Å²) in [7, 11) is 3.97. The van der Waals surface area contributed by atoms with E-state index in [4.69, 9.17) is 4.98 Å². The molecule has 2 heterocycles. The number of aromatic nitrogens is 3. The molecular formula is C12H16N4S. The summed E-state index contributed by atoms with van der Waals surface area (Å²) < 4.78 is 1.82. The van der Waals surface area contributed by atoms with Crippen LogP contribution < -0.4 is 5.32 Å². The average Bonchev–Trinajstić information content (AvgIpc) is 2.93. The number of fused-ring (bicyclic) bond motifs is 1. The summed E-state index contributed by atoms with van der Waals surface area (Å²) in [6.45, 7) is 0. The Morgan fingerprint density at radius 2 is 2.41 bits per heavy atom. The van der Waals surface area contributed by atoms with Crippen LogP contribution in [0.15, 0.2) is 12.4 Å². The zero-order valence-electron chi connectivity index (χ0n) is 10.1. The van der Waals surface area contributed by atoms with Gasteiger partial charge in [-0.2, -0.15) is 5.10 Å². The molecule has 1 aliphatic rings. The molecule has 0 bridgehead atoms. The first-order valence-corrected chi connectivity index (χ1v) is 6.75. The fourth-order valence-corrected chi connectivity index (χ4v) is 3.58. The van der Waals surface area contributed by atoms with Gasteiger partial charge in [0, 0.05) is 29.7 Å². The van der Waals surface area contributed by atoms with Crippen LogP contribution in [0.4, 0.5) is 0 Å². The third kappa shape index (κ3) is 1.89. The van der Waals surface area contributed by atoms with Gasteiger partial charge in [0.2, 0.25) is 0 Å². The molecule has 0 aliphatic heterocycles. The van der Waals surface area contributed by atoms with Crippen molar-refractivity contribution in [1.82, 2.24) is 20.1 Å². The van der Waals surface area contributed by atoms with Gasteiger partial charge < -0.3 is 5.32 Å². The van der Waals surface area contributed by atoms with Crippen molar-refractivity contribution in [3.8, 4) is 10.6 Å². The van der Waals surface area contributed by atoms with Crippen molar-refractivity contribution in [2.75, 3.05) is 7.05 Å². The number of hydrogen-bond donors (Lipinski definition) is 1. The second kappa shape index (κ2) is 4.23. The number of aryl methyl sites for hydroxylation is 2. The van der Waals surface area contributed by atoms with Gasteiger partial charge in [0.05, 0.1) is 11.9 Å². The van der Waals surface area contributed by atoms with E-state index < -0.39 is 0 Å². The van der Waals surface area contributed by atoms with Gasteiger partial charge in [0.15, 0.2) is 0 Å². The standard InChI is InChI=1S/C12H16N4S/c1-13-9-4-3-5-10-11(9)17-12(15-10)8-6-14-16(2)7-8/h6-7,9,13H,3-5H2,1-2H3. The van der Waals surface area contributed by atoms with Crippen molar-refractivity contribution in [3.63, 3.8) is 0 Å². The zero-order chi connectivity index (χ0) is 11.8. The minimum atomic E-state index is 0.488. The van der Waals surface area contributed by atoms with Gasteiger partial charge >= 0.3 is 0 Å². The van der Waals surface area contributed by atoms with Crippen molar-refractivity contribution in [2.45, 2.75) is 25.3 Å². The number of thiazole rings is 1. The zero-order valence-corrected chi connectivity index (χ0v) is 10.9. The Bertz CT molecular complexity index is 528. The summed E-state index contributed by atoms with van der Waals surface area (Å²) in [4.78, 5) is 6.17. The highest BCUT2D eigenvalue weighted by atomic mass is 32.1. The van der Waals surface area contributed by atoms with Gasteiger partial charge in [0.1, 0.15) is 5.01 Å². The highest BCUT2D eigenvalue weighted by Crippen LogP contribution is 2.37. The fraction of sp³-hybridized carbons (Fsp3) is 0.500. The van der Waals surface area contributed by atoms with E-state index in [1.54, 1.807) is 0 Å². The van der Waals surface area contributed by atoms with E-state index >= 15 is 0 Å². The molecule has 1 atom stereocenters. The number of rotatable bonds is 2. The lowest BCUT2D eigenvalue weighted by Crippen LogP contribution is -2.19. The molecule has 1 N–H and O–H groups in total. The molecule has 0 fully saturated rings. The Kier molecular flexibility index (Phi) is 2.72. The molecule has 90 valence electrons. The first-order valence-electron chi connectivity index (χ1n) is 5.94. The topological polar surface area (TPSA) is 42.7 Å². The largest absolute Gasteiger partial charge is 0.312 e. The number of hydrogen-bond acceptors (Lipinski definition) is 4. The summed E-state index contributed by atoms with van der Waals surface area (Å²) >= 11 is 1.81. The van der Waals surface area contributed by atoms with Gasteiger partial charge in [-0.25, -0.2) is 4.98 Å². The highest BCUT2D eigenvalue weighted by Gasteiger charge is 2.23. The van der Waals surface area contributed by atoms with Crippen molar-refractivity contribution in [2.24, 2.45) is 7.05 Å². The van der Waals surface area contributed by atoms with Gasteiger partial charge in [-0.3, -0.25) is 4.68 Å². The molecule has 5 heteroatoms. The van der Waals surface area contributed by atoms with Crippen LogP contribution in [0, 0.1) is 0 Å². The lowest BCUT2D eigenvalue weighted by molar-refractivity contribution is 0.501. The van der Waals surface area contributed by atoms with E-state index in [1.807, 2.05) is 42.5 Å². The molecule has 1 unspecified atom stereocenters. The molecule has 0 amide bonds. The minimum absolute atomic E-state index is 0.488. The number of nitrogens with one attached hydrogen (secondary N) is 1. The lowest BCUT2D eigenvalue weighted by atomic mass is 9.98. The SMILES string of the molecule is CNC1CCCc2nc(-c3cnn(C)c3)sc21. The molecular weight excluding hydrogens is 232 g/mol. The third-order valence-electron chi connectivity index (χ3n) is 3.25. The summed E-state index contributed by atoms with van der Waals surface area (Å²) in [6.07, 6.45) is 7.48. The predicted octanol–water partition coefficient (Wildman–Crippen LogP) is 2.14. The monoisotopic (exact) mass is 248 g/mol. The Labute approximate surface area is 105 Å². The Morgan fingerprint density at radius 3 is 3.12 bits per heavy atom. The molecule has 0 aromatic carbocycles. The molecule has 2 aromatic rings. The predicted molar refractivity (Wildman–Crippen MR) is 69.1 cm³/mol. The summed E-state index contributed by atoms with van der Waals surface area (Å²) in [5.41, 5.74) is 2.40. The average molecular weight is 248 g/mol. The van der Waals surface area contributed by atoms with Crippen molar-refractivity contribution in [1.29, 1.82) is 0 Å².